The van der Waals surface area contributed by atoms with Gasteiger partial charge in [-0.25, -0.2) is 0 Å². The van der Waals surface area contributed by atoms with E-state index in [9.17, 15) is 0 Å². The van der Waals surface area contributed by atoms with E-state index in [0.717, 1.165) is 4.47 Å². The Morgan fingerprint density at radius 3 is 1.80 bits per heavy atom. The summed E-state index contributed by atoms with van der Waals surface area (Å²) in [6.07, 6.45) is 0. The zero-order valence-corrected chi connectivity index (χ0v) is 16.3. The van der Waals surface area contributed by atoms with Crippen LogP contribution in [-0.4, -0.2) is 0 Å². The Balaban J connectivity index is 1.78. The van der Waals surface area contributed by atoms with Crippen molar-refractivity contribution in [1.29, 1.82) is 0 Å². The van der Waals surface area contributed by atoms with E-state index in [1.54, 1.807) is 0 Å². The summed E-state index contributed by atoms with van der Waals surface area (Å²) >= 11 is 7.43. The van der Waals surface area contributed by atoms with Gasteiger partial charge in [0.15, 0.2) is 0 Å². The summed E-state index contributed by atoms with van der Waals surface area (Å²) in [4.78, 5) is 0. The van der Waals surface area contributed by atoms with Gasteiger partial charge in [0.1, 0.15) is 0 Å². The minimum absolute atomic E-state index is 1.13. The predicted molar refractivity (Wildman–Crippen MR) is 117 cm³/mol. The fourth-order valence-electron chi connectivity index (χ4n) is 3.66. The van der Waals surface area contributed by atoms with Gasteiger partial charge in [0, 0.05) is 24.6 Å². The molecule has 0 aliphatic heterocycles. The van der Waals surface area contributed by atoms with E-state index in [-0.39, 0.29) is 0 Å². The third-order valence-electron chi connectivity index (χ3n) is 4.87. The lowest BCUT2D eigenvalue weighted by molar-refractivity contribution is 1.74. The number of halogens is 1. The van der Waals surface area contributed by atoms with Crippen LogP contribution in [0.5, 0.6) is 0 Å². The normalized spacial score (nSPS) is 12.2. The zero-order chi connectivity index (χ0) is 16.5. The second kappa shape index (κ2) is 5.04. The van der Waals surface area contributed by atoms with Crippen LogP contribution in [-0.2, 0) is 0 Å². The van der Waals surface area contributed by atoms with Crippen molar-refractivity contribution in [1.82, 2.24) is 0 Å². The third-order valence-corrected chi connectivity index (χ3v) is 7.86. The summed E-state index contributed by atoms with van der Waals surface area (Å²) in [7, 11) is 0. The van der Waals surface area contributed by atoms with Crippen molar-refractivity contribution >= 4 is 89.7 Å². The maximum Gasteiger partial charge on any atom is 0.0542 e. The molecule has 6 aromatic rings. The molecule has 25 heavy (non-hydrogen) atoms. The quantitative estimate of drug-likeness (QED) is 0.232. The van der Waals surface area contributed by atoms with Crippen LogP contribution in [0.4, 0.5) is 0 Å². The Morgan fingerprint density at radius 1 is 0.560 bits per heavy atom. The van der Waals surface area contributed by atoms with Gasteiger partial charge in [0.2, 0.25) is 0 Å². The first-order valence-corrected chi connectivity index (χ1v) is 10.6. The molecule has 0 bridgehead atoms. The summed E-state index contributed by atoms with van der Waals surface area (Å²) in [5.74, 6) is 0. The topological polar surface area (TPSA) is 0 Å². The fourth-order valence-corrected chi connectivity index (χ4v) is 6.73. The van der Waals surface area contributed by atoms with E-state index < -0.39 is 0 Å². The van der Waals surface area contributed by atoms with Crippen LogP contribution in [0, 0.1) is 0 Å². The minimum atomic E-state index is 1.13. The molecule has 0 saturated carbocycles. The van der Waals surface area contributed by atoms with E-state index in [0.29, 0.717) is 0 Å². The molecule has 0 aliphatic rings. The summed E-state index contributed by atoms with van der Waals surface area (Å²) in [5, 5.41) is 8.03. The fraction of sp³-hybridized carbons (Fsp3) is 0. The minimum Gasteiger partial charge on any atom is -0.134 e. The number of hydrogen-bond acceptors (Lipinski definition) is 2. The molecule has 6 rings (SSSR count). The molecule has 0 atom stereocenters. The SMILES string of the molecule is Brc1ccc2cc3c(cc2c1)sc1c2cc4ccccc4cc2sc31. The largest absolute Gasteiger partial charge is 0.134 e. The van der Waals surface area contributed by atoms with Gasteiger partial charge in [-0.05, 0) is 57.9 Å². The van der Waals surface area contributed by atoms with Crippen LogP contribution in [0.2, 0.25) is 0 Å². The molecular weight excluding hydrogens is 408 g/mol. The standard InChI is InChI=1S/C22H11BrS2/c23-16-6-5-14-9-18-20(11-15(14)7-16)25-21-17-8-12-3-1-2-4-13(12)10-19(17)24-22(18)21/h1-11H. The van der Waals surface area contributed by atoms with Gasteiger partial charge < -0.3 is 0 Å². The lowest BCUT2D eigenvalue weighted by Gasteiger charge is -1.99. The molecule has 0 aliphatic carbocycles. The second-order valence-corrected chi connectivity index (χ2v) is 9.42. The Kier molecular flexibility index (Phi) is 2.87. The van der Waals surface area contributed by atoms with E-state index in [2.05, 4.69) is 82.7 Å². The molecule has 0 N–H and O–H groups in total. The van der Waals surface area contributed by atoms with Crippen LogP contribution in [0.1, 0.15) is 0 Å². The van der Waals surface area contributed by atoms with E-state index in [1.807, 2.05) is 22.7 Å². The molecule has 0 saturated heterocycles. The molecule has 118 valence electrons. The predicted octanol–water partition coefficient (Wildman–Crippen LogP) is 8.34. The highest BCUT2D eigenvalue weighted by atomic mass is 79.9. The van der Waals surface area contributed by atoms with E-state index in [1.165, 1.54) is 51.1 Å². The first kappa shape index (κ1) is 14.3. The molecule has 2 aromatic heterocycles. The van der Waals surface area contributed by atoms with E-state index in [4.69, 9.17) is 0 Å². The number of thiophene rings is 2. The summed E-state index contributed by atoms with van der Waals surface area (Å²) in [5.41, 5.74) is 0. The summed E-state index contributed by atoms with van der Waals surface area (Å²) in [6, 6.07) is 24.5. The molecule has 0 radical (unpaired) electrons. The van der Waals surface area contributed by atoms with Gasteiger partial charge in [-0.15, -0.1) is 22.7 Å². The highest BCUT2D eigenvalue weighted by molar-refractivity contribution is 9.10. The molecule has 0 amide bonds. The average Bonchev–Trinajstić information content (AvgIpc) is 3.13. The van der Waals surface area contributed by atoms with Crippen LogP contribution in [0.15, 0.2) is 71.2 Å². The first-order chi connectivity index (χ1) is 12.3. The molecular formula is C22H11BrS2. The molecule has 2 heterocycles. The summed E-state index contributed by atoms with van der Waals surface area (Å²) < 4.78 is 6.75. The van der Waals surface area contributed by atoms with Gasteiger partial charge in [0.05, 0.1) is 9.40 Å². The van der Waals surface area contributed by atoms with Crippen LogP contribution < -0.4 is 0 Å². The molecule has 4 aromatic carbocycles. The maximum absolute atomic E-state index is 3.58. The highest BCUT2D eigenvalue weighted by Crippen LogP contribution is 2.46. The van der Waals surface area contributed by atoms with Gasteiger partial charge >= 0.3 is 0 Å². The highest BCUT2D eigenvalue weighted by Gasteiger charge is 2.13. The number of hydrogen-bond donors (Lipinski definition) is 0. The number of fused-ring (bicyclic) bond motifs is 7. The average molecular weight is 419 g/mol. The van der Waals surface area contributed by atoms with Gasteiger partial charge in [-0.3, -0.25) is 0 Å². The lowest BCUT2D eigenvalue weighted by atomic mass is 10.1. The smallest absolute Gasteiger partial charge is 0.0542 e. The Morgan fingerprint density at radius 2 is 1.12 bits per heavy atom. The molecule has 3 heteroatoms. The van der Waals surface area contributed by atoms with Crippen molar-refractivity contribution in [2.45, 2.75) is 0 Å². The van der Waals surface area contributed by atoms with Gasteiger partial charge in [-0.1, -0.05) is 46.3 Å². The summed E-state index contributed by atoms with van der Waals surface area (Å²) in [6.45, 7) is 0. The maximum atomic E-state index is 3.58. The third kappa shape index (κ3) is 2.03. The number of benzene rings is 4. The van der Waals surface area contributed by atoms with Crippen molar-refractivity contribution < 1.29 is 0 Å². The van der Waals surface area contributed by atoms with Crippen molar-refractivity contribution in [3.05, 3.63) is 71.2 Å². The molecule has 0 unspecified atom stereocenters. The zero-order valence-electron chi connectivity index (χ0n) is 13.0. The first-order valence-electron chi connectivity index (χ1n) is 8.13. The Labute approximate surface area is 160 Å². The second-order valence-electron chi connectivity index (χ2n) is 6.40. The van der Waals surface area contributed by atoms with Crippen molar-refractivity contribution in [2.75, 3.05) is 0 Å². The Hall–Kier alpha value is -1.94. The molecule has 0 fully saturated rings. The van der Waals surface area contributed by atoms with Crippen LogP contribution in [0.25, 0.3) is 51.1 Å². The van der Waals surface area contributed by atoms with Crippen molar-refractivity contribution in [2.24, 2.45) is 0 Å². The lowest BCUT2D eigenvalue weighted by Crippen LogP contribution is -1.72. The van der Waals surface area contributed by atoms with Crippen LogP contribution in [0.3, 0.4) is 0 Å². The van der Waals surface area contributed by atoms with Crippen LogP contribution >= 0.6 is 38.6 Å². The number of rotatable bonds is 0. The van der Waals surface area contributed by atoms with Crippen molar-refractivity contribution in [3.8, 4) is 0 Å². The van der Waals surface area contributed by atoms with Crippen molar-refractivity contribution in [3.63, 3.8) is 0 Å². The van der Waals surface area contributed by atoms with Gasteiger partial charge in [-0.2, -0.15) is 0 Å². The van der Waals surface area contributed by atoms with Gasteiger partial charge in [0.25, 0.3) is 0 Å². The monoisotopic (exact) mass is 418 g/mol. The van der Waals surface area contributed by atoms with E-state index >= 15 is 0 Å². The molecule has 0 spiro atoms. The Bertz CT molecular complexity index is 1450. The molecule has 0 nitrogen and oxygen atoms in total.